The minimum atomic E-state index is 0.138. The number of nitrogens with zero attached hydrogens (tertiary/aromatic N) is 2. The zero-order valence-corrected chi connectivity index (χ0v) is 18.6. The predicted molar refractivity (Wildman–Crippen MR) is 119 cm³/mol. The van der Waals surface area contributed by atoms with Gasteiger partial charge >= 0.3 is 0 Å². The summed E-state index contributed by atoms with van der Waals surface area (Å²) in [6.45, 7) is 9.31. The molecule has 29 heavy (non-hydrogen) atoms. The Morgan fingerprint density at radius 1 is 1.34 bits per heavy atom. The zero-order valence-electron chi connectivity index (χ0n) is 17.8. The van der Waals surface area contributed by atoms with Gasteiger partial charge in [0.05, 0.1) is 24.8 Å². The highest BCUT2D eigenvalue weighted by Crippen LogP contribution is 2.24. The van der Waals surface area contributed by atoms with E-state index in [0.29, 0.717) is 25.6 Å². The Hall–Kier alpha value is -2.12. The molecule has 0 bridgehead atoms. The third kappa shape index (κ3) is 6.72. The molecule has 1 saturated heterocycles. The molecule has 158 valence electrons. The number of aromatic nitrogens is 1. The molecule has 2 heterocycles. The van der Waals surface area contributed by atoms with Gasteiger partial charge in [-0.2, -0.15) is 0 Å². The molecule has 1 aliphatic rings. The number of nitrogens with one attached hydrogen (secondary N) is 2. The lowest BCUT2D eigenvalue weighted by Crippen LogP contribution is -2.36. The van der Waals surface area contributed by atoms with Crippen molar-refractivity contribution in [3.05, 3.63) is 45.4 Å². The smallest absolute Gasteiger partial charge is 0.191 e. The minimum absolute atomic E-state index is 0.138. The molecule has 1 fully saturated rings. The summed E-state index contributed by atoms with van der Waals surface area (Å²) in [5, 5.41) is 7.96. The van der Waals surface area contributed by atoms with E-state index in [1.54, 1.807) is 18.4 Å². The third-order valence-corrected chi connectivity index (χ3v) is 5.71. The van der Waals surface area contributed by atoms with Gasteiger partial charge in [0.2, 0.25) is 0 Å². The third-order valence-electron chi connectivity index (χ3n) is 4.69. The molecule has 1 aromatic heterocycles. The van der Waals surface area contributed by atoms with Crippen LogP contribution in [0.5, 0.6) is 5.75 Å². The van der Waals surface area contributed by atoms with E-state index in [1.807, 2.05) is 6.20 Å². The van der Waals surface area contributed by atoms with Crippen LogP contribution in [0.4, 0.5) is 0 Å². The fourth-order valence-electron chi connectivity index (χ4n) is 3.15. The molecule has 0 saturated carbocycles. The van der Waals surface area contributed by atoms with E-state index in [-0.39, 0.29) is 6.10 Å². The number of ether oxygens (including phenoxy) is 2. The first-order chi connectivity index (χ1) is 14.0. The first-order valence-corrected chi connectivity index (χ1v) is 11.1. The van der Waals surface area contributed by atoms with Crippen LogP contribution < -0.4 is 15.4 Å². The van der Waals surface area contributed by atoms with E-state index in [9.17, 15) is 0 Å². The maximum Gasteiger partial charge on any atom is 0.191 e. The highest BCUT2D eigenvalue weighted by atomic mass is 32.1. The fourth-order valence-corrected chi connectivity index (χ4v) is 4.22. The standard InChI is InChI=1S/C22H32N4O2S/c1-15(2)9-21-24-12-19(29-21)13-26-22(23-4)25-11-17-6-5-16(3)10-20(17)28-18-7-8-27-14-18/h5-6,10,12,15,18H,7-9,11,13-14H2,1-4H3,(H2,23,25,26). The van der Waals surface area contributed by atoms with Crippen molar-refractivity contribution >= 4 is 17.3 Å². The van der Waals surface area contributed by atoms with Gasteiger partial charge in [0.25, 0.3) is 0 Å². The highest BCUT2D eigenvalue weighted by Gasteiger charge is 2.18. The van der Waals surface area contributed by atoms with E-state index in [1.165, 1.54) is 15.4 Å². The van der Waals surface area contributed by atoms with E-state index in [0.717, 1.165) is 36.7 Å². The molecule has 1 atom stereocenters. The summed E-state index contributed by atoms with van der Waals surface area (Å²) in [7, 11) is 1.79. The molecule has 1 unspecified atom stereocenters. The lowest BCUT2D eigenvalue weighted by atomic mass is 10.1. The van der Waals surface area contributed by atoms with Crippen LogP contribution in [0, 0.1) is 12.8 Å². The quantitative estimate of drug-likeness (QED) is 0.508. The fraction of sp³-hybridized carbons (Fsp3) is 0.545. The van der Waals surface area contributed by atoms with E-state index < -0.39 is 0 Å². The van der Waals surface area contributed by atoms with Crippen LogP contribution in [0.25, 0.3) is 0 Å². The van der Waals surface area contributed by atoms with Gasteiger partial charge in [-0.1, -0.05) is 26.0 Å². The average Bonchev–Trinajstić information content (AvgIpc) is 3.35. The molecule has 6 nitrogen and oxygen atoms in total. The monoisotopic (exact) mass is 416 g/mol. The molecule has 7 heteroatoms. The summed E-state index contributed by atoms with van der Waals surface area (Å²) in [4.78, 5) is 10.1. The number of aliphatic imine (C=N–C) groups is 1. The predicted octanol–water partition coefficient (Wildman–Crippen LogP) is 3.68. The van der Waals surface area contributed by atoms with E-state index in [4.69, 9.17) is 9.47 Å². The van der Waals surface area contributed by atoms with Gasteiger partial charge in [-0.25, -0.2) is 4.98 Å². The molecule has 0 amide bonds. The average molecular weight is 417 g/mol. The second kappa shape index (κ2) is 10.6. The van der Waals surface area contributed by atoms with Crippen molar-refractivity contribution in [3.8, 4) is 5.75 Å². The summed E-state index contributed by atoms with van der Waals surface area (Å²) in [6, 6.07) is 6.32. The second-order valence-corrected chi connectivity index (χ2v) is 9.01. The summed E-state index contributed by atoms with van der Waals surface area (Å²) in [5.74, 6) is 2.31. The van der Waals surface area contributed by atoms with Crippen molar-refractivity contribution in [2.75, 3.05) is 20.3 Å². The van der Waals surface area contributed by atoms with Gasteiger partial charge in [-0.15, -0.1) is 11.3 Å². The first kappa shape index (κ1) is 21.6. The Morgan fingerprint density at radius 2 is 2.17 bits per heavy atom. The number of hydrogen-bond acceptors (Lipinski definition) is 5. The van der Waals surface area contributed by atoms with Gasteiger partial charge in [-0.3, -0.25) is 4.99 Å². The van der Waals surface area contributed by atoms with Crippen LogP contribution in [0.15, 0.2) is 29.4 Å². The number of thiazole rings is 1. The molecule has 0 aliphatic carbocycles. The number of guanidine groups is 1. The molecular formula is C22H32N4O2S. The molecule has 0 spiro atoms. The van der Waals surface area contributed by atoms with Crippen LogP contribution in [0.2, 0.25) is 0 Å². The second-order valence-electron chi connectivity index (χ2n) is 7.81. The molecule has 3 rings (SSSR count). The highest BCUT2D eigenvalue weighted by molar-refractivity contribution is 7.11. The van der Waals surface area contributed by atoms with Gasteiger partial charge in [0.1, 0.15) is 11.9 Å². The first-order valence-electron chi connectivity index (χ1n) is 10.3. The SMILES string of the molecule is CN=C(NCc1cnc(CC(C)C)s1)NCc1ccc(C)cc1OC1CCOC1. The normalized spacial score (nSPS) is 17.0. The Morgan fingerprint density at radius 3 is 2.90 bits per heavy atom. The van der Waals surface area contributed by atoms with E-state index in [2.05, 4.69) is 59.6 Å². The molecule has 1 aromatic carbocycles. The number of hydrogen-bond donors (Lipinski definition) is 2. The molecule has 2 N–H and O–H groups in total. The Labute approximate surface area is 177 Å². The summed E-state index contributed by atoms with van der Waals surface area (Å²) in [5.41, 5.74) is 2.30. The van der Waals surface area contributed by atoms with Gasteiger partial charge in [0, 0.05) is 43.1 Å². The number of rotatable bonds is 8. The maximum atomic E-state index is 6.18. The van der Waals surface area contributed by atoms with Crippen LogP contribution in [0.1, 0.15) is 41.3 Å². The number of benzene rings is 1. The topological polar surface area (TPSA) is 67.8 Å². The summed E-state index contributed by atoms with van der Waals surface area (Å²) < 4.78 is 11.6. The summed E-state index contributed by atoms with van der Waals surface area (Å²) in [6.07, 6.45) is 4.06. The van der Waals surface area contributed by atoms with Crippen molar-refractivity contribution in [2.45, 2.75) is 52.8 Å². The molecular weight excluding hydrogens is 384 g/mol. The lowest BCUT2D eigenvalue weighted by molar-refractivity contribution is 0.140. The van der Waals surface area contributed by atoms with Crippen LogP contribution in [-0.2, 0) is 24.2 Å². The van der Waals surface area contributed by atoms with Crippen LogP contribution in [-0.4, -0.2) is 37.3 Å². The maximum absolute atomic E-state index is 6.18. The minimum Gasteiger partial charge on any atom is -0.488 e. The van der Waals surface area contributed by atoms with Crippen molar-refractivity contribution in [1.29, 1.82) is 0 Å². The van der Waals surface area contributed by atoms with Crippen molar-refractivity contribution < 1.29 is 9.47 Å². The van der Waals surface area contributed by atoms with Gasteiger partial charge in [0.15, 0.2) is 5.96 Å². The Balaban J connectivity index is 1.54. The molecule has 1 aliphatic heterocycles. The van der Waals surface area contributed by atoms with Crippen molar-refractivity contribution in [1.82, 2.24) is 15.6 Å². The Bertz CT molecular complexity index is 813. The number of aryl methyl sites for hydroxylation is 1. The summed E-state index contributed by atoms with van der Waals surface area (Å²) >= 11 is 1.76. The Kier molecular flexibility index (Phi) is 7.89. The van der Waals surface area contributed by atoms with Crippen molar-refractivity contribution in [3.63, 3.8) is 0 Å². The van der Waals surface area contributed by atoms with Gasteiger partial charge in [-0.05, 0) is 24.5 Å². The van der Waals surface area contributed by atoms with Gasteiger partial charge < -0.3 is 20.1 Å². The molecule has 2 aromatic rings. The lowest BCUT2D eigenvalue weighted by Gasteiger charge is -2.18. The largest absolute Gasteiger partial charge is 0.488 e. The zero-order chi connectivity index (χ0) is 20.6. The van der Waals surface area contributed by atoms with Crippen molar-refractivity contribution in [2.24, 2.45) is 10.9 Å². The van der Waals surface area contributed by atoms with Crippen LogP contribution >= 0.6 is 11.3 Å². The van der Waals surface area contributed by atoms with E-state index >= 15 is 0 Å². The van der Waals surface area contributed by atoms with Crippen LogP contribution in [0.3, 0.4) is 0 Å². The molecule has 0 radical (unpaired) electrons.